The summed E-state index contributed by atoms with van der Waals surface area (Å²) in [6.07, 6.45) is 21.4. The van der Waals surface area contributed by atoms with Crippen molar-refractivity contribution in [1.82, 2.24) is 0 Å². The normalized spacial score (nSPS) is 13.4. The van der Waals surface area contributed by atoms with Crippen molar-refractivity contribution in [1.29, 1.82) is 0 Å². The third-order valence-corrected chi connectivity index (χ3v) is 81.7. The lowest BCUT2D eigenvalue weighted by Crippen LogP contribution is -2.88. The van der Waals surface area contributed by atoms with Gasteiger partial charge in [-0.05, 0) is 43.0 Å². The number of aryl methyl sites for hydroxylation is 3. The molecule has 4 nitrogen and oxygen atoms in total. The number of ether oxygens (including phenoxy) is 1. The zero-order valence-corrected chi connectivity index (χ0v) is 25.9. The monoisotopic (exact) mass is 538 g/mol. The van der Waals surface area contributed by atoms with E-state index < -0.39 is 28.4 Å². The minimum absolute atomic E-state index is 0.668. The van der Waals surface area contributed by atoms with Crippen molar-refractivity contribution in [2.45, 2.75) is 26.3 Å². The van der Waals surface area contributed by atoms with Crippen molar-refractivity contribution in [3.8, 4) is 43.3 Å². The second-order valence-corrected chi connectivity index (χ2v) is 55.1. The molecule has 0 amide bonds. The Kier molecular flexibility index (Phi) is 10.0. The molecule has 13 heteroatoms. The van der Waals surface area contributed by atoms with Gasteiger partial charge in [-0.25, -0.2) is 0 Å². The van der Waals surface area contributed by atoms with Gasteiger partial charge >= 0.3 is 8.80 Å². The van der Waals surface area contributed by atoms with Crippen LogP contribution >= 0.6 is 0 Å². The molecule has 0 saturated carbocycles. The van der Waals surface area contributed by atoms with Crippen LogP contribution in [0.1, 0.15) is 16.7 Å². The van der Waals surface area contributed by atoms with Crippen LogP contribution in [-0.4, -0.2) is 84.4 Å². The van der Waals surface area contributed by atoms with Crippen molar-refractivity contribution in [2.75, 3.05) is 7.11 Å². The first kappa shape index (κ1) is 27.1. The van der Waals surface area contributed by atoms with Gasteiger partial charge in [0, 0.05) is 35.4 Å². The SMILES string of the molecule is C#CO[Si](OC#C)[Si](CCc1cc(C)c(OC)cc1C)([Si]([Si])([Si])[Si])[Si]([Si])([Si])OC#C. The first-order valence-corrected chi connectivity index (χ1v) is 26.5. The van der Waals surface area contributed by atoms with E-state index in [1.807, 2.05) is 19.9 Å². The lowest BCUT2D eigenvalue weighted by atomic mass is 10.0. The van der Waals surface area contributed by atoms with Crippen LogP contribution in [0.5, 0.6) is 5.75 Å². The molecule has 1 aromatic carbocycles. The summed E-state index contributed by atoms with van der Waals surface area (Å²) in [4.78, 5) is 0. The Labute approximate surface area is 200 Å². The number of hydrogen-bond acceptors (Lipinski definition) is 4. The fourth-order valence-electron chi connectivity index (χ4n) is 3.16. The molecule has 0 spiro atoms. The summed E-state index contributed by atoms with van der Waals surface area (Å²) in [6.45, 7) is -1.73. The van der Waals surface area contributed by atoms with Crippen molar-refractivity contribution in [3.05, 3.63) is 28.8 Å². The van der Waals surface area contributed by atoms with Gasteiger partial charge in [0.2, 0.25) is 6.87 Å². The Morgan fingerprint density at radius 2 is 1.50 bits per heavy atom. The molecule has 1 atom stereocenters. The zero-order valence-electron chi connectivity index (χ0n) is 16.9. The Morgan fingerprint density at radius 3 is 1.93 bits per heavy atom. The van der Waals surface area contributed by atoms with Crippen LogP contribution in [0.15, 0.2) is 12.1 Å². The molecule has 0 aromatic heterocycles. The molecule has 0 heterocycles. The molecule has 0 N–H and O–H groups in total. The van der Waals surface area contributed by atoms with Crippen molar-refractivity contribution < 1.29 is 18.0 Å². The Morgan fingerprint density at radius 1 is 0.933 bits per heavy atom. The van der Waals surface area contributed by atoms with Gasteiger partial charge in [0.05, 0.1) is 44.9 Å². The molecule has 1 aromatic rings. The highest BCUT2D eigenvalue weighted by atomic mass is 30.4. The highest BCUT2D eigenvalue weighted by Crippen LogP contribution is 2.32. The molecule has 1 unspecified atom stereocenters. The summed E-state index contributed by atoms with van der Waals surface area (Å²) in [5.74, 6) is 0.847. The van der Waals surface area contributed by atoms with Gasteiger partial charge in [-0.1, -0.05) is 31.4 Å². The molecule has 0 aliphatic rings. The summed E-state index contributed by atoms with van der Waals surface area (Å²) in [7, 11) is 18.9. The lowest BCUT2D eigenvalue weighted by molar-refractivity contribution is 0.400. The van der Waals surface area contributed by atoms with E-state index in [0.717, 1.165) is 16.9 Å². The van der Waals surface area contributed by atoms with E-state index in [1.165, 1.54) is 5.56 Å². The van der Waals surface area contributed by atoms with Crippen molar-refractivity contribution in [2.24, 2.45) is 0 Å². The minimum atomic E-state index is -2.95. The molecule has 16 radical (unpaired) electrons. The summed E-state index contributed by atoms with van der Waals surface area (Å²) in [5.41, 5.74) is 3.33. The average molecular weight is 539 g/mol. The van der Waals surface area contributed by atoms with E-state index in [0.29, 0.717) is 12.5 Å². The van der Waals surface area contributed by atoms with Crippen LogP contribution in [0.25, 0.3) is 0 Å². The van der Waals surface area contributed by atoms with E-state index in [1.54, 1.807) is 7.11 Å². The second-order valence-electron chi connectivity index (χ2n) is 6.53. The first-order valence-electron chi connectivity index (χ1n) is 8.56. The molecular formula is C17H18O4Si9. The smallest absolute Gasteiger partial charge is 0.512 e. The topological polar surface area (TPSA) is 36.9 Å². The predicted molar refractivity (Wildman–Crippen MR) is 133 cm³/mol. The van der Waals surface area contributed by atoms with Crippen LogP contribution in [0.2, 0.25) is 6.04 Å². The minimum Gasteiger partial charge on any atom is -0.514 e. The summed E-state index contributed by atoms with van der Waals surface area (Å²) in [6, 6.07) is 4.81. The van der Waals surface area contributed by atoms with Gasteiger partial charge in [-0.3, -0.25) is 0 Å². The quantitative estimate of drug-likeness (QED) is 0.299. The number of methoxy groups -OCH3 is 1. The van der Waals surface area contributed by atoms with Gasteiger partial charge in [-0.15, -0.1) is 0 Å². The van der Waals surface area contributed by atoms with Crippen LogP contribution < -0.4 is 4.74 Å². The summed E-state index contributed by atoms with van der Waals surface area (Å²) >= 11 is 0. The number of terminal acetylenes is 3. The van der Waals surface area contributed by atoms with Crippen molar-refractivity contribution >= 4 is 77.2 Å². The molecule has 0 fully saturated rings. The molecule has 0 saturated heterocycles. The predicted octanol–water partition coefficient (Wildman–Crippen LogP) is -0.431. The summed E-state index contributed by atoms with van der Waals surface area (Å²) in [5, 5.41) is 0. The van der Waals surface area contributed by atoms with Crippen LogP contribution in [-0.2, 0) is 19.7 Å². The fraction of sp³-hybridized carbons (Fsp3) is 0.294. The molecule has 0 aliphatic carbocycles. The van der Waals surface area contributed by atoms with Gasteiger partial charge in [0.1, 0.15) is 5.75 Å². The maximum absolute atomic E-state index is 5.78. The Bertz CT molecular complexity index is 863. The number of hydrogen-bond donors (Lipinski definition) is 0. The molecule has 0 bridgehead atoms. The van der Waals surface area contributed by atoms with Crippen molar-refractivity contribution in [3.63, 3.8) is 0 Å². The highest BCUT2D eigenvalue weighted by molar-refractivity contribution is 8.11. The van der Waals surface area contributed by atoms with E-state index in [4.69, 9.17) is 37.3 Å². The lowest BCUT2D eigenvalue weighted by Gasteiger charge is -2.48. The average Bonchev–Trinajstić information content (AvgIpc) is 2.63. The van der Waals surface area contributed by atoms with Crippen LogP contribution in [0.3, 0.4) is 0 Å². The zero-order chi connectivity index (χ0) is 23.2. The van der Waals surface area contributed by atoms with Gasteiger partial charge in [-0.2, -0.15) is 0 Å². The van der Waals surface area contributed by atoms with Gasteiger partial charge in [0.25, 0.3) is 0 Å². The maximum atomic E-state index is 5.78. The molecular weight excluding hydrogens is 521 g/mol. The van der Waals surface area contributed by atoms with E-state index in [9.17, 15) is 0 Å². The standard InChI is InChI=1S/C17H18O4Si9/c1-7-19-27(20-8-2)28(30(24,25)26,29(22,23)21-9-3)11-10-16-12-15(5)17(18-6)13-14(16)4/h1-3,12-13H,10-11H2,4-6H3. The largest absolute Gasteiger partial charge is 0.514 e. The fourth-order valence-corrected chi connectivity index (χ4v) is 93.4. The molecule has 1 rings (SSSR count). The molecule has 146 valence electrons. The van der Waals surface area contributed by atoms with Crippen LogP contribution in [0.4, 0.5) is 0 Å². The van der Waals surface area contributed by atoms with E-state index >= 15 is 0 Å². The third kappa shape index (κ3) is 5.64. The van der Waals surface area contributed by atoms with Gasteiger partial charge in [0.15, 0.2) is 6.63 Å². The third-order valence-electron chi connectivity index (χ3n) is 4.73. The molecule has 0 aliphatic heterocycles. The number of benzene rings is 1. The highest BCUT2D eigenvalue weighted by Gasteiger charge is 2.69. The molecule has 30 heavy (non-hydrogen) atoms. The van der Waals surface area contributed by atoms with E-state index in [-0.39, 0.29) is 0 Å². The maximum Gasteiger partial charge on any atom is 0.512 e. The summed E-state index contributed by atoms with van der Waals surface area (Å²) < 4.78 is 22.5. The Balaban J connectivity index is 3.61. The number of rotatable bonds is 10. The second kappa shape index (κ2) is 11.1. The van der Waals surface area contributed by atoms with E-state index in [2.05, 4.69) is 73.2 Å². The van der Waals surface area contributed by atoms with Gasteiger partial charge < -0.3 is 18.0 Å². The van der Waals surface area contributed by atoms with Crippen LogP contribution in [0, 0.1) is 51.4 Å². The Hall–Kier alpha value is -0.948. The first-order chi connectivity index (χ1) is 13.9.